The van der Waals surface area contributed by atoms with E-state index in [2.05, 4.69) is 30.7 Å². The summed E-state index contributed by atoms with van der Waals surface area (Å²) in [5.74, 6) is 2.06. The number of aromatic nitrogens is 2. The summed E-state index contributed by atoms with van der Waals surface area (Å²) >= 11 is 0. The Bertz CT molecular complexity index is 413. The van der Waals surface area contributed by atoms with Crippen LogP contribution in [0.2, 0.25) is 0 Å². The first-order valence-corrected chi connectivity index (χ1v) is 6.39. The molecule has 88 valence electrons. The van der Waals surface area contributed by atoms with Crippen LogP contribution in [0.25, 0.3) is 0 Å². The van der Waals surface area contributed by atoms with Gasteiger partial charge in [-0.25, -0.2) is 4.98 Å². The Hall–Kier alpha value is -0.830. The minimum atomic E-state index is 0.266. The number of imidazole rings is 1. The Labute approximate surface area is 97.3 Å². The van der Waals surface area contributed by atoms with E-state index in [1.165, 1.54) is 30.1 Å². The van der Waals surface area contributed by atoms with Gasteiger partial charge < -0.3 is 9.88 Å². The predicted octanol–water partition coefficient (Wildman–Crippen LogP) is 1.98. The fourth-order valence-corrected chi connectivity index (χ4v) is 3.18. The normalized spacial score (nSPS) is 20.9. The van der Waals surface area contributed by atoms with E-state index in [0.29, 0.717) is 0 Å². The number of fused-ring (bicyclic) bond motifs is 1. The molecule has 0 atom stereocenters. The number of hydrogen-bond acceptors (Lipinski definition) is 2. The van der Waals surface area contributed by atoms with Crippen molar-refractivity contribution < 1.29 is 0 Å². The molecule has 0 radical (unpaired) electrons. The Morgan fingerprint density at radius 1 is 1.38 bits per heavy atom. The first-order chi connectivity index (χ1) is 7.60. The second kappa shape index (κ2) is 3.33. The number of aryl methyl sites for hydroxylation is 1. The van der Waals surface area contributed by atoms with Crippen LogP contribution in [-0.4, -0.2) is 16.1 Å². The summed E-state index contributed by atoms with van der Waals surface area (Å²) < 4.78 is 2.51. The molecular weight excluding hydrogens is 198 g/mol. The van der Waals surface area contributed by atoms with Gasteiger partial charge in [-0.2, -0.15) is 0 Å². The van der Waals surface area contributed by atoms with Crippen molar-refractivity contribution in [3.8, 4) is 0 Å². The lowest BCUT2D eigenvalue weighted by atomic mass is 9.96. The van der Waals surface area contributed by atoms with E-state index >= 15 is 0 Å². The largest absolute Gasteiger partial charge is 0.326 e. The fraction of sp³-hybridized carbons (Fsp3) is 0.769. The van der Waals surface area contributed by atoms with E-state index in [9.17, 15) is 0 Å². The Morgan fingerprint density at radius 3 is 2.81 bits per heavy atom. The monoisotopic (exact) mass is 219 g/mol. The summed E-state index contributed by atoms with van der Waals surface area (Å²) in [7, 11) is 0. The third kappa shape index (κ3) is 1.41. The average molecular weight is 219 g/mol. The maximum atomic E-state index is 4.73. The summed E-state index contributed by atoms with van der Waals surface area (Å²) in [4.78, 5) is 4.73. The maximum Gasteiger partial charge on any atom is 0.106 e. The Kier molecular flexibility index (Phi) is 2.15. The zero-order valence-corrected chi connectivity index (χ0v) is 10.5. The van der Waals surface area contributed by atoms with Gasteiger partial charge >= 0.3 is 0 Å². The molecular formula is C13H21N3. The standard InChI is InChI=1S/C13H21N3/c1-9-15-11-8-14-7-6-12(11)16(9)13(2,3)10-4-5-10/h10,14H,4-8H2,1-3H3. The lowest BCUT2D eigenvalue weighted by Crippen LogP contribution is -2.34. The molecule has 0 unspecified atom stereocenters. The molecule has 0 saturated heterocycles. The lowest BCUT2D eigenvalue weighted by Gasteiger charge is -2.31. The molecule has 1 N–H and O–H groups in total. The molecule has 1 aliphatic heterocycles. The molecule has 0 amide bonds. The first-order valence-electron chi connectivity index (χ1n) is 6.39. The van der Waals surface area contributed by atoms with Gasteiger partial charge in [0.15, 0.2) is 0 Å². The maximum absolute atomic E-state index is 4.73. The van der Waals surface area contributed by atoms with Crippen molar-refractivity contribution in [3.05, 3.63) is 17.2 Å². The number of rotatable bonds is 2. The summed E-state index contributed by atoms with van der Waals surface area (Å²) in [6.45, 7) is 8.95. The van der Waals surface area contributed by atoms with E-state index in [4.69, 9.17) is 4.98 Å². The number of nitrogens with zero attached hydrogens (tertiary/aromatic N) is 2. The summed E-state index contributed by atoms with van der Waals surface area (Å²) in [6, 6.07) is 0. The van der Waals surface area contributed by atoms with Gasteiger partial charge in [0.2, 0.25) is 0 Å². The van der Waals surface area contributed by atoms with Crippen molar-refractivity contribution in [2.45, 2.75) is 52.1 Å². The second-order valence-corrected chi connectivity index (χ2v) is 5.74. The molecule has 1 aliphatic carbocycles. The SMILES string of the molecule is Cc1nc2c(n1C(C)(C)C1CC1)CCNC2. The molecule has 3 heteroatoms. The Balaban J connectivity index is 2.08. The highest BCUT2D eigenvalue weighted by Crippen LogP contribution is 2.45. The van der Waals surface area contributed by atoms with Crippen molar-refractivity contribution >= 4 is 0 Å². The van der Waals surface area contributed by atoms with Gasteiger partial charge in [0.1, 0.15) is 5.82 Å². The molecule has 1 aromatic rings. The molecule has 1 saturated carbocycles. The highest BCUT2D eigenvalue weighted by molar-refractivity contribution is 5.22. The van der Waals surface area contributed by atoms with Crippen molar-refractivity contribution in [1.82, 2.24) is 14.9 Å². The van der Waals surface area contributed by atoms with Crippen LogP contribution in [0.5, 0.6) is 0 Å². The van der Waals surface area contributed by atoms with Crippen molar-refractivity contribution in [2.24, 2.45) is 5.92 Å². The van der Waals surface area contributed by atoms with Crippen molar-refractivity contribution in [1.29, 1.82) is 0 Å². The van der Waals surface area contributed by atoms with Crippen LogP contribution in [-0.2, 0) is 18.5 Å². The molecule has 3 rings (SSSR count). The van der Waals surface area contributed by atoms with Crippen LogP contribution in [0.4, 0.5) is 0 Å². The third-order valence-electron chi connectivity index (χ3n) is 4.21. The van der Waals surface area contributed by atoms with E-state index in [-0.39, 0.29) is 5.54 Å². The minimum absolute atomic E-state index is 0.266. The molecule has 0 aromatic carbocycles. The van der Waals surface area contributed by atoms with Gasteiger partial charge in [0.25, 0.3) is 0 Å². The lowest BCUT2D eigenvalue weighted by molar-refractivity contribution is 0.288. The smallest absolute Gasteiger partial charge is 0.106 e. The highest BCUT2D eigenvalue weighted by Gasteiger charge is 2.41. The quantitative estimate of drug-likeness (QED) is 0.824. The van der Waals surface area contributed by atoms with Crippen LogP contribution in [0.3, 0.4) is 0 Å². The van der Waals surface area contributed by atoms with Crippen LogP contribution in [0.15, 0.2) is 0 Å². The van der Waals surface area contributed by atoms with Crippen LogP contribution in [0, 0.1) is 12.8 Å². The molecule has 2 aliphatic rings. The van der Waals surface area contributed by atoms with Gasteiger partial charge in [-0.05, 0) is 39.5 Å². The number of hydrogen-bond donors (Lipinski definition) is 1. The highest BCUT2D eigenvalue weighted by atomic mass is 15.2. The third-order valence-corrected chi connectivity index (χ3v) is 4.21. The molecule has 0 bridgehead atoms. The van der Waals surface area contributed by atoms with E-state index in [1.54, 1.807) is 0 Å². The van der Waals surface area contributed by atoms with Crippen molar-refractivity contribution in [2.75, 3.05) is 6.54 Å². The van der Waals surface area contributed by atoms with Crippen LogP contribution in [0.1, 0.15) is 43.9 Å². The summed E-state index contributed by atoms with van der Waals surface area (Å²) in [5, 5.41) is 3.40. The molecule has 1 aromatic heterocycles. The van der Waals surface area contributed by atoms with Gasteiger partial charge in [0.05, 0.1) is 5.69 Å². The molecule has 0 spiro atoms. The van der Waals surface area contributed by atoms with Crippen LogP contribution >= 0.6 is 0 Å². The Morgan fingerprint density at radius 2 is 2.12 bits per heavy atom. The summed E-state index contributed by atoms with van der Waals surface area (Å²) in [6.07, 6.45) is 3.90. The minimum Gasteiger partial charge on any atom is -0.326 e. The van der Waals surface area contributed by atoms with Gasteiger partial charge in [-0.3, -0.25) is 0 Å². The first kappa shape index (κ1) is 10.3. The van der Waals surface area contributed by atoms with E-state index in [0.717, 1.165) is 25.4 Å². The molecule has 16 heavy (non-hydrogen) atoms. The van der Waals surface area contributed by atoms with Gasteiger partial charge in [-0.1, -0.05) is 0 Å². The second-order valence-electron chi connectivity index (χ2n) is 5.74. The van der Waals surface area contributed by atoms with Gasteiger partial charge in [-0.15, -0.1) is 0 Å². The summed E-state index contributed by atoms with van der Waals surface area (Å²) in [5.41, 5.74) is 3.02. The number of nitrogens with one attached hydrogen (secondary N) is 1. The van der Waals surface area contributed by atoms with E-state index in [1.807, 2.05) is 0 Å². The topological polar surface area (TPSA) is 29.9 Å². The average Bonchev–Trinajstić information content (AvgIpc) is 3.00. The van der Waals surface area contributed by atoms with Crippen molar-refractivity contribution in [3.63, 3.8) is 0 Å². The zero-order chi connectivity index (χ0) is 11.3. The zero-order valence-electron chi connectivity index (χ0n) is 10.5. The predicted molar refractivity (Wildman–Crippen MR) is 64.4 cm³/mol. The molecule has 1 fully saturated rings. The fourth-order valence-electron chi connectivity index (χ4n) is 3.18. The van der Waals surface area contributed by atoms with E-state index < -0.39 is 0 Å². The molecule has 3 nitrogen and oxygen atoms in total. The van der Waals surface area contributed by atoms with Gasteiger partial charge in [0, 0.05) is 30.7 Å². The van der Waals surface area contributed by atoms with Crippen LogP contribution < -0.4 is 5.32 Å². The molecule has 2 heterocycles.